The van der Waals surface area contributed by atoms with Gasteiger partial charge < -0.3 is 10.6 Å². The number of thioether (sulfide) groups is 1. The van der Waals surface area contributed by atoms with Crippen LogP contribution in [0, 0.1) is 0 Å². The number of likely N-dealkylation sites (N-methyl/N-ethyl adjacent to an activating group) is 1. The Kier molecular flexibility index (Phi) is 6.34. The molecule has 0 aliphatic carbocycles. The molecule has 0 radical (unpaired) electrons. The molecule has 0 amide bonds. The van der Waals surface area contributed by atoms with Crippen LogP contribution in [0.4, 0.5) is 5.69 Å². The third-order valence-electron chi connectivity index (χ3n) is 2.65. The van der Waals surface area contributed by atoms with E-state index in [-0.39, 0.29) is 6.04 Å². The zero-order chi connectivity index (χ0) is 11.8. The zero-order valence-electron chi connectivity index (χ0n) is 10.2. The molecule has 2 nitrogen and oxygen atoms in total. The molecule has 0 bridgehead atoms. The van der Waals surface area contributed by atoms with Gasteiger partial charge in [-0.2, -0.15) is 11.8 Å². The Labute approximate surface area is 103 Å². The van der Waals surface area contributed by atoms with E-state index in [2.05, 4.69) is 42.3 Å². The van der Waals surface area contributed by atoms with Crippen LogP contribution >= 0.6 is 11.8 Å². The van der Waals surface area contributed by atoms with Crippen LogP contribution in [0.5, 0.6) is 0 Å². The van der Waals surface area contributed by atoms with Crippen molar-refractivity contribution in [1.82, 2.24) is 0 Å². The third kappa shape index (κ3) is 4.45. The molecule has 2 N–H and O–H groups in total. The minimum atomic E-state index is 0.271. The second-order valence-electron chi connectivity index (χ2n) is 3.92. The quantitative estimate of drug-likeness (QED) is 0.791. The predicted molar refractivity (Wildman–Crippen MR) is 75.3 cm³/mol. The molecule has 16 heavy (non-hydrogen) atoms. The Bertz CT molecular complexity index is 277. The van der Waals surface area contributed by atoms with Gasteiger partial charge in [0.15, 0.2) is 0 Å². The van der Waals surface area contributed by atoms with Crippen molar-refractivity contribution in [1.29, 1.82) is 0 Å². The summed E-state index contributed by atoms with van der Waals surface area (Å²) in [6.07, 6.45) is 3.21. The molecule has 1 aromatic carbocycles. The van der Waals surface area contributed by atoms with Gasteiger partial charge in [0.1, 0.15) is 0 Å². The van der Waals surface area contributed by atoms with Crippen molar-refractivity contribution in [3.8, 4) is 0 Å². The van der Waals surface area contributed by atoms with Crippen LogP contribution in [0.1, 0.15) is 13.3 Å². The van der Waals surface area contributed by atoms with Crippen molar-refractivity contribution in [3.05, 3.63) is 30.3 Å². The van der Waals surface area contributed by atoms with Crippen molar-refractivity contribution in [2.24, 2.45) is 5.73 Å². The monoisotopic (exact) mass is 238 g/mol. The smallest absolute Gasteiger partial charge is 0.0366 e. The van der Waals surface area contributed by atoms with Crippen LogP contribution in [0.25, 0.3) is 0 Å². The molecule has 0 unspecified atom stereocenters. The maximum absolute atomic E-state index is 6.12. The minimum Gasteiger partial charge on any atom is -0.370 e. The fourth-order valence-corrected chi connectivity index (χ4v) is 2.24. The van der Waals surface area contributed by atoms with E-state index in [1.54, 1.807) is 0 Å². The first kappa shape index (κ1) is 13.4. The second kappa shape index (κ2) is 7.58. The van der Waals surface area contributed by atoms with Crippen LogP contribution in [0.15, 0.2) is 30.3 Å². The van der Waals surface area contributed by atoms with Gasteiger partial charge in [0, 0.05) is 24.8 Å². The zero-order valence-corrected chi connectivity index (χ0v) is 11.0. The van der Waals surface area contributed by atoms with E-state index in [1.807, 2.05) is 17.8 Å². The van der Waals surface area contributed by atoms with Crippen molar-refractivity contribution < 1.29 is 0 Å². The fourth-order valence-electron chi connectivity index (χ4n) is 1.70. The Morgan fingerprint density at radius 1 is 1.31 bits per heavy atom. The molecule has 3 heteroatoms. The van der Waals surface area contributed by atoms with E-state index in [4.69, 9.17) is 5.73 Å². The number of nitrogens with zero attached hydrogens (tertiary/aromatic N) is 1. The van der Waals surface area contributed by atoms with Crippen molar-refractivity contribution in [2.45, 2.75) is 19.4 Å². The minimum absolute atomic E-state index is 0.271. The van der Waals surface area contributed by atoms with Crippen LogP contribution < -0.4 is 10.6 Å². The van der Waals surface area contributed by atoms with E-state index in [1.165, 1.54) is 5.69 Å². The lowest BCUT2D eigenvalue weighted by Crippen LogP contribution is -2.37. The van der Waals surface area contributed by atoms with E-state index in [0.717, 1.165) is 25.3 Å². The molecule has 1 aromatic rings. The van der Waals surface area contributed by atoms with Gasteiger partial charge in [0.25, 0.3) is 0 Å². The first-order chi connectivity index (χ1) is 7.77. The lowest BCUT2D eigenvalue weighted by atomic mass is 10.2. The summed E-state index contributed by atoms with van der Waals surface area (Å²) in [5.41, 5.74) is 7.39. The molecule has 1 rings (SSSR count). The second-order valence-corrected chi connectivity index (χ2v) is 4.90. The Balaban J connectivity index is 2.49. The highest BCUT2D eigenvalue weighted by Crippen LogP contribution is 2.13. The highest BCUT2D eigenvalue weighted by atomic mass is 32.2. The van der Waals surface area contributed by atoms with Gasteiger partial charge in [0.05, 0.1) is 0 Å². The van der Waals surface area contributed by atoms with Gasteiger partial charge in [-0.25, -0.2) is 0 Å². The average molecular weight is 238 g/mol. The van der Waals surface area contributed by atoms with Crippen molar-refractivity contribution >= 4 is 17.4 Å². The summed E-state index contributed by atoms with van der Waals surface area (Å²) >= 11 is 1.86. The Morgan fingerprint density at radius 2 is 2.00 bits per heavy atom. The standard InChI is InChI=1S/C13H22N2S/c1-3-15(11-12(14)9-10-16-2)13-7-5-4-6-8-13/h4-8,12H,3,9-11,14H2,1-2H3/t12-/m0/s1. The number of anilines is 1. The molecule has 1 atom stereocenters. The maximum Gasteiger partial charge on any atom is 0.0366 e. The van der Waals surface area contributed by atoms with Crippen LogP contribution in [0.3, 0.4) is 0 Å². The van der Waals surface area contributed by atoms with E-state index >= 15 is 0 Å². The number of benzene rings is 1. The molecule has 0 aliphatic heterocycles. The summed E-state index contributed by atoms with van der Waals surface area (Å²) in [5, 5.41) is 0. The van der Waals surface area contributed by atoms with Crippen molar-refractivity contribution in [2.75, 3.05) is 30.0 Å². The number of para-hydroxylation sites is 1. The molecule has 0 fully saturated rings. The lowest BCUT2D eigenvalue weighted by Gasteiger charge is -2.26. The van der Waals surface area contributed by atoms with Gasteiger partial charge in [-0.1, -0.05) is 18.2 Å². The fraction of sp³-hybridized carbons (Fsp3) is 0.538. The van der Waals surface area contributed by atoms with E-state index < -0.39 is 0 Å². The molecule has 0 heterocycles. The summed E-state index contributed by atoms with van der Waals surface area (Å²) in [5.74, 6) is 1.15. The first-order valence-corrected chi connectivity index (χ1v) is 7.21. The average Bonchev–Trinajstić information content (AvgIpc) is 2.34. The largest absolute Gasteiger partial charge is 0.370 e. The molecule has 90 valence electrons. The molecule has 0 spiro atoms. The lowest BCUT2D eigenvalue weighted by molar-refractivity contribution is 0.627. The van der Waals surface area contributed by atoms with Crippen molar-refractivity contribution in [3.63, 3.8) is 0 Å². The highest BCUT2D eigenvalue weighted by molar-refractivity contribution is 7.98. The summed E-state index contributed by atoms with van der Waals surface area (Å²) in [7, 11) is 0. The first-order valence-electron chi connectivity index (χ1n) is 5.82. The Hall–Kier alpha value is -0.670. The van der Waals surface area contributed by atoms with Gasteiger partial charge >= 0.3 is 0 Å². The van der Waals surface area contributed by atoms with Gasteiger partial charge in [-0.3, -0.25) is 0 Å². The normalized spacial score (nSPS) is 12.4. The predicted octanol–water partition coefficient (Wildman–Crippen LogP) is 2.59. The van der Waals surface area contributed by atoms with Gasteiger partial charge in [-0.15, -0.1) is 0 Å². The number of rotatable bonds is 7. The van der Waals surface area contributed by atoms with Crippen LogP contribution in [-0.2, 0) is 0 Å². The summed E-state index contributed by atoms with van der Waals surface area (Å²) in [6.45, 7) is 4.13. The molecule has 0 aliphatic rings. The summed E-state index contributed by atoms with van der Waals surface area (Å²) < 4.78 is 0. The molecule has 0 aromatic heterocycles. The van der Waals surface area contributed by atoms with E-state index in [0.29, 0.717) is 0 Å². The van der Waals surface area contributed by atoms with Crippen LogP contribution in [0.2, 0.25) is 0 Å². The third-order valence-corrected chi connectivity index (χ3v) is 3.29. The molecular weight excluding hydrogens is 216 g/mol. The molecule has 0 saturated carbocycles. The molecular formula is C13H22N2S. The van der Waals surface area contributed by atoms with E-state index in [9.17, 15) is 0 Å². The molecule has 0 saturated heterocycles. The highest BCUT2D eigenvalue weighted by Gasteiger charge is 2.09. The van der Waals surface area contributed by atoms with Gasteiger partial charge in [-0.05, 0) is 37.5 Å². The SMILES string of the molecule is CCN(C[C@@H](N)CCSC)c1ccccc1. The number of nitrogens with two attached hydrogens (primary N) is 1. The number of hydrogen-bond acceptors (Lipinski definition) is 3. The topological polar surface area (TPSA) is 29.3 Å². The summed E-state index contributed by atoms with van der Waals surface area (Å²) in [4.78, 5) is 2.34. The van der Waals surface area contributed by atoms with Gasteiger partial charge in [0.2, 0.25) is 0 Å². The number of hydrogen-bond donors (Lipinski definition) is 1. The van der Waals surface area contributed by atoms with Crippen LogP contribution in [-0.4, -0.2) is 31.1 Å². The summed E-state index contributed by atoms with van der Waals surface area (Å²) in [6, 6.07) is 10.8. The Morgan fingerprint density at radius 3 is 2.56 bits per heavy atom. The maximum atomic E-state index is 6.12.